The normalized spacial score (nSPS) is 10.8. The Labute approximate surface area is 575 Å². The molecule has 0 fully saturated rings. The number of carbonyl (C=O) groups excluding carboxylic acids is 1. The molecule has 0 radical (unpaired) electrons. The van der Waals surface area contributed by atoms with Crippen molar-refractivity contribution in [3.8, 4) is 80.4 Å². The SMILES string of the molecule is CCOC(=O)Nc1c(C#N)c2ccc([N+](=O)[O-])cc2n1CC.CCc1nnc(-c2cn(CC)c3cc(OC)ccc23)o1.CCn1c(-c2ccc(N)cc2)c(C#N)c2ccc(OC)cc21.CCn1cc(-c2ccno2)c2ccc(OC)cc21.CCn1cc(-c2ccon2)c2ccc(OC)cc21. The Kier molecular flexibility index (Phi) is 22.3. The van der Waals surface area contributed by atoms with Crippen LogP contribution in [-0.4, -0.2) is 89.4 Å². The highest BCUT2D eigenvalue weighted by molar-refractivity contribution is 6.00. The van der Waals surface area contributed by atoms with Gasteiger partial charge in [-0.05, 0) is 114 Å². The number of nitrogens with two attached hydrogens (primary N) is 1. The number of non-ortho nitro benzene ring substituents is 1. The monoisotopic (exact) mass is 1350 g/mol. The molecule has 100 heavy (non-hydrogen) atoms. The average molecular weight is 1350 g/mol. The molecule has 25 heteroatoms. The van der Waals surface area contributed by atoms with E-state index in [1.165, 1.54) is 18.2 Å². The van der Waals surface area contributed by atoms with E-state index in [9.17, 15) is 25.4 Å². The van der Waals surface area contributed by atoms with E-state index in [1.54, 1.807) is 52.4 Å². The van der Waals surface area contributed by atoms with Gasteiger partial charge in [-0.3, -0.25) is 15.4 Å². The molecule has 3 N–H and O–H groups in total. The fourth-order valence-electron chi connectivity index (χ4n) is 11.9. The summed E-state index contributed by atoms with van der Waals surface area (Å²) in [5.74, 6) is 5.65. The first-order chi connectivity index (χ1) is 48.6. The zero-order chi connectivity index (χ0) is 71.1. The van der Waals surface area contributed by atoms with Crippen LogP contribution in [0.3, 0.4) is 0 Å². The van der Waals surface area contributed by atoms with Crippen LogP contribution in [0.25, 0.3) is 99.8 Å². The van der Waals surface area contributed by atoms with Crippen molar-refractivity contribution in [1.82, 2.24) is 43.3 Å². The number of ether oxygens (including phenoxy) is 5. The van der Waals surface area contributed by atoms with Crippen LogP contribution in [0.15, 0.2) is 172 Å². The number of aromatic nitrogens is 9. The second-order valence-corrected chi connectivity index (χ2v) is 22.2. The summed E-state index contributed by atoms with van der Waals surface area (Å²) < 4.78 is 52.1. The molecule has 0 saturated carbocycles. The second kappa shape index (κ2) is 31.9. The summed E-state index contributed by atoms with van der Waals surface area (Å²) in [7, 11) is 6.68. The molecule has 0 spiro atoms. The van der Waals surface area contributed by atoms with Crippen molar-refractivity contribution in [2.75, 3.05) is 46.1 Å². The summed E-state index contributed by atoms with van der Waals surface area (Å²) in [6.45, 7) is 18.0. The zero-order valence-corrected chi connectivity index (χ0v) is 57.4. The maximum atomic E-state index is 11.6. The first-order valence-corrected chi connectivity index (χ1v) is 32.4. The molecule has 0 saturated heterocycles. The highest BCUT2D eigenvalue weighted by Crippen LogP contribution is 2.39. The minimum atomic E-state index is -0.675. The van der Waals surface area contributed by atoms with Crippen molar-refractivity contribution >= 4 is 77.8 Å². The minimum Gasteiger partial charge on any atom is -0.497 e. The van der Waals surface area contributed by atoms with Crippen molar-refractivity contribution in [2.45, 2.75) is 87.6 Å². The van der Waals surface area contributed by atoms with Gasteiger partial charge < -0.3 is 65.7 Å². The highest BCUT2D eigenvalue weighted by atomic mass is 16.6. The molecule has 25 nitrogen and oxygen atoms in total. The lowest BCUT2D eigenvalue weighted by molar-refractivity contribution is -0.384. The Bertz CT molecular complexity index is 5130. The van der Waals surface area contributed by atoms with Crippen LogP contribution < -0.4 is 30.0 Å². The quantitative estimate of drug-likeness (QED) is 0.0486. The Morgan fingerprint density at radius 2 is 1.10 bits per heavy atom. The van der Waals surface area contributed by atoms with Crippen LogP contribution in [0.2, 0.25) is 0 Å². The molecule has 0 bridgehead atoms. The van der Waals surface area contributed by atoms with Gasteiger partial charge >= 0.3 is 6.09 Å². The summed E-state index contributed by atoms with van der Waals surface area (Å²) in [5.41, 5.74) is 18.1. The number of nitrogens with zero attached hydrogens (tertiary/aromatic N) is 12. The van der Waals surface area contributed by atoms with Crippen molar-refractivity contribution in [1.29, 1.82) is 10.5 Å². The maximum Gasteiger partial charge on any atom is 0.412 e. The fourth-order valence-corrected chi connectivity index (χ4v) is 11.9. The van der Waals surface area contributed by atoms with Gasteiger partial charge in [-0.25, -0.2) is 4.79 Å². The maximum absolute atomic E-state index is 11.6. The van der Waals surface area contributed by atoms with Crippen molar-refractivity contribution in [3.05, 3.63) is 186 Å². The number of carbonyl (C=O) groups is 1. The van der Waals surface area contributed by atoms with Gasteiger partial charge in [0.2, 0.25) is 11.8 Å². The summed E-state index contributed by atoms with van der Waals surface area (Å²) in [5, 5.41) is 53.3. The topological polar surface area (TPSA) is 308 Å². The summed E-state index contributed by atoms with van der Waals surface area (Å²) in [6.07, 6.45) is 9.56. The summed E-state index contributed by atoms with van der Waals surface area (Å²) in [4.78, 5) is 22.0. The number of methoxy groups -OCH3 is 4. The van der Waals surface area contributed by atoms with Crippen molar-refractivity contribution in [2.24, 2.45) is 0 Å². The number of anilines is 2. The molecule has 0 aliphatic carbocycles. The van der Waals surface area contributed by atoms with Gasteiger partial charge in [0, 0.05) is 150 Å². The lowest BCUT2D eigenvalue weighted by Gasteiger charge is -2.09. The molecule has 1 amide bonds. The summed E-state index contributed by atoms with van der Waals surface area (Å²) >= 11 is 0. The van der Waals surface area contributed by atoms with E-state index in [-0.39, 0.29) is 23.7 Å². The predicted octanol–water partition coefficient (Wildman–Crippen LogP) is 16.7. The van der Waals surface area contributed by atoms with Gasteiger partial charge in [0.1, 0.15) is 58.5 Å². The lowest BCUT2D eigenvalue weighted by atomic mass is 10.1. The number of amides is 1. The number of rotatable bonds is 17. The number of nitriles is 2. The van der Waals surface area contributed by atoms with E-state index in [1.807, 2.05) is 117 Å². The Balaban J connectivity index is 0.000000135. The standard InChI is InChI=1S/C18H17N3O.C15H17N3O2.C14H14N4O4.2C14H14N2O2/c1-3-21-17-10-14(22-2)8-9-15(17)16(11-19)18(21)12-4-6-13(20)7-5-12;1-4-14-16-17-15(20-14)12-9-18(5-2)13-8-10(19-3)6-7-11(12)13;1-3-17-12-7-9(18(20)21)5-6-10(12)11(8-15)13(17)16-14(19)22-4-2;1-3-16-9-12(14-6-7-15-18-14)11-5-4-10(17-2)8-13(11)16;1-3-16-9-12(13-6-7-18-15-13)11-5-4-10(17-2)8-14(11)16/h4-10H,3,20H2,1-2H3;6-9H,4-5H2,1-3H3;5-7H,3-4H2,1-2H3,(H,16,19);2*4-9H,3H2,1-2H3. The number of nitrogen functional groups attached to an aromatic ring is 1. The molecule has 14 rings (SSSR count). The molecule has 8 heterocycles. The summed E-state index contributed by atoms with van der Waals surface area (Å²) in [6, 6.07) is 43.9. The van der Waals surface area contributed by atoms with Crippen LogP contribution in [0.5, 0.6) is 23.0 Å². The van der Waals surface area contributed by atoms with E-state index in [4.69, 9.17) is 42.9 Å². The first kappa shape index (κ1) is 70.0. The Morgan fingerprint density at radius 1 is 0.590 bits per heavy atom. The molecule has 0 aliphatic rings. The smallest absolute Gasteiger partial charge is 0.412 e. The van der Waals surface area contributed by atoms with E-state index in [0.717, 1.165) is 139 Å². The largest absolute Gasteiger partial charge is 0.497 e. The predicted molar refractivity (Wildman–Crippen MR) is 385 cm³/mol. The molecule has 0 atom stereocenters. The number of aryl methyl sites for hydroxylation is 6. The molecular formula is C75H76N14O11. The van der Waals surface area contributed by atoms with E-state index in [2.05, 4.69) is 109 Å². The fraction of sp³-hybridized carbons (Fsp3) is 0.240. The number of fused-ring (bicyclic) bond motifs is 5. The number of nitro groups is 1. The highest BCUT2D eigenvalue weighted by Gasteiger charge is 2.23. The number of hydrogen-bond acceptors (Lipinski definition) is 18. The van der Waals surface area contributed by atoms with Crippen LogP contribution in [0.1, 0.15) is 65.5 Å². The molecule has 6 aromatic carbocycles. The molecule has 14 aromatic rings. The zero-order valence-electron chi connectivity index (χ0n) is 57.4. The van der Waals surface area contributed by atoms with E-state index in [0.29, 0.717) is 40.5 Å². The third-order valence-corrected chi connectivity index (χ3v) is 16.8. The van der Waals surface area contributed by atoms with Gasteiger partial charge in [-0.1, -0.05) is 29.4 Å². The molecule has 0 aliphatic heterocycles. The molecule has 8 aromatic heterocycles. The van der Waals surface area contributed by atoms with E-state index >= 15 is 0 Å². The third kappa shape index (κ3) is 14.5. The first-order valence-electron chi connectivity index (χ1n) is 32.4. The average Bonchev–Trinajstić information content (AvgIpc) is 1.63. The number of hydrogen-bond donors (Lipinski definition) is 2. The Morgan fingerprint density at radius 3 is 1.58 bits per heavy atom. The second-order valence-electron chi connectivity index (χ2n) is 22.2. The van der Waals surface area contributed by atoms with Gasteiger partial charge in [-0.2, -0.15) is 10.5 Å². The number of nitrogens with one attached hydrogen (secondary N) is 1. The van der Waals surface area contributed by atoms with Crippen molar-refractivity contribution in [3.63, 3.8) is 0 Å². The van der Waals surface area contributed by atoms with Gasteiger partial charge in [0.15, 0.2) is 5.76 Å². The minimum absolute atomic E-state index is 0.0770. The van der Waals surface area contributed by atoms with Crippen molar-refractivity contribution < 1.29 is 46.9 Å². The number of benzene rings is 6. The van der Waals surface area contributed by atoms with E-state index < -0.39 is 11.0 Å². The molecular weight excluding hydrogens is 1270 g/mol. The molecule has 0 unspecified atom stereocenters. The van der Waals surface area contributed by atoms with Gasteiger partial charge in [0.05, 0.1) is 90.6 Å². The van der Waals surface area contributed by atoms with Gasteiger partial charge in [0.25, 0.3) is 5.69 Å². The van der Waals surface area contributed by atoms with Crippen LogP contribution in [0.4, 0.5) is 22.0 Å². The lowest BCUT2D eigenvalue weighted by Crippen LogP contribution is -2.16. The van der Waals surface area contributed by atoms with Crippen LogP contribution in [0, 0.1) is 32.8 Å². The third-order valence-electron chi connectivity index (χ3n) is 16.8. The van der Waals surface area contributed by atoms with Crippen LogP contribution >= 0.6 is 0 Å². The molecule has 512 valence electrons. The number of nitro benzene ring substituents is 1. The Hall–Kier alpha value is -12.8. The van der Waals surface area contributed by atoms with Crippen LogP contribution in [-0.2, 0) is 43.9 Å². The van der Waals surface area contributed by atoms with Gasteiger partial charge in [-0.15, -0.1) is 10.2 Å².